The minimum absolute atomic E-state index is 0.0104. The average molecular weight is 298 g/mol. The Balaban J connectivity index is 1.98. The maximum absolute atomic E-state index is 12.4. The molecule has 0 unspecified atom stereocenters. The van der Waals surface area contributed by atoms with Crippen LogP contribution in [0.2, 0.25) is 0 Å². The highest BCUT2D eigenvalue weighted by Crippen LogP contribution is 2.26. The number of carbonyl (C=O) groups excluding carboxylic acids is 1. The summed E-state index contributed by atoms with van der Waals surface area (Å²) in [5.41, 5.74) is 3.07. The van der Waals surface area contributed by atoms with Crippen LogP contribution in [0.25, 0.3) is 10.2 Å². The van der Waals surface area contributed by atoms with Gasteiger partial charge in [-0.05, 0) is 29.5 Å². The molecule has 0 radical (unpaired) electrons. The molecule has 0 spiro atoms. The normalized spacial score (nSPS) is 10.9. The van der Waals surface area contributed by atoms with E-state index in [1.54, 1.807) is 11.3 Å². The SMILES string of the molecule is CCCNC(=O)c1cc2sccc2n1Cc1ccccc1. The van der Waals surface area contributed by atoms with Crippen LogP contribution in [0.3, 0.4) is 0 Å². The Bertz CT molecular complexity index is 743. The minimum atomic E-state index is 0.0104. The van der Waals surface area contributed by atoms with Crippen LogP contribution in [0.5, 0.6) is 0 Å². The number of amides is 1. The van der Waals surface area contributed by atoms with Gasteiger partial charge in [-0.2, -0.15) is 0 Å². The quantitative estimate of drug-likeness (QED) is 0.762. The predicted octanol–water partition coefficient (Wildman–Crippen LogP) is 3.89. The second-order valence-electron chi connectivity index (χ2n) is 5.03. The second-order valence-corrected chi connectivity index (χ2v) is 5.98. The number of hydrogen-bond acceptors (Lipinski definition) is 2. The highest BCUT2D eigenvalue weighted by atomic mass is 32.1. The van der Waals surface area contributed by atoms with Gasteiger partial charge in [-0.1, -0.05) is 37.3 Å². The van der Waals surface area contributed by atoms with Crippen molar-refractivity contribution in [2.24, 2.45) is 0 Å². The first-order chi connectivity index (χ1) is 10.3. The molecule has 3 aromatic rings. The van der Waals surface area contributed by atoms with Gasteiger partial charge in [-0.3, -0.25) is 4.79 Å². The van der Waals surface area contributed by atoms with Crippen molar-refractivity contribution in [1.82, 2.24) is 9.88 Å². The molecule has 0 saturated heterocycles. The Hall–Kier alpha value is -2.07. The molecule has 0 fully saturated rings. The summed E-state index contributed by atoms with van der Waals surface area (Å²) in [7, 11) is 0. The lowest BCUT2D eigenvalue weighted by Crippen LogP contribution is -2.26. The molecule has 0 saturated carbocycles. The highest BCUT2D eigenvalue weighted by molar-refractivity contribution is 7.17. The zero-order chi connectivity index (χ0) is 14.7. The Kier molecular flexibility index (Phi) is 4.06. The third-order valence-electron chi connectivity index (χ3n) is 3.47. The van der Waals surface area contributed by atoms with Crippen molar-refractivity contribution in [2.75, 3.05) is 6.54 Å². The molecular formula is C17H18N2OS. The predicted molar refractivity (Wildman–Crippen MR) is 88.0 cm³/mol. The Morgan fingerprint density at radius 3 is 2.81 bits per heavy atom. The van der Waals surface area contributed by atoms with E-state index in [0.717, 1.165) is 28.9 Å². The summed E-state index contributed by atoms with van der Waals surface area (Å²) in [6, 6.07) is 14.3. The van der Waals surface area contributed by atoms with Gasteiger partial charge in [0.2, 0.25) is 0 Å². The molecule has 1 N–H and O–H groups in total. The number of nitrogens with zero attached hydrogens (tertiary/aromatic N) is 1. The lowest BCUT2D eigenvalue weighted by molar-refractivity contribution is 0.0945. The van der Waals surface area contributed by atoms with Gasteiger partial charge in [0.15, 0.2) is 0 Å². The van der Waals surface area contributed by atoms with Gasteiger partial charge < -0.3 is 9.88 Å². The lowest BCUT2D eigenvalue weighted by Gasteiger charge is -2.10. The molecule has 21 heavy (non-hydrogen) atoms. The number of benzene rings is 1. The molecule has 4 heteroatoms. The Labute approximate surface area is 128 Å². The van der Waals surface area contributed by atoms with E-state index in [9.17, 15) is 4.79 Å². The molecule has 0 aliphatic carbocycles. The van der Waals surface area contributed by atoms with E-state index in [-0.39, 0.29) is 5.91 Å². The topological polar surface area (TPSA) is 34.0 Å². The van der Waals surface area contributed by atoms with Gasteiger partial charge in [0.1, 0.15) is 5.69 Å². The first-order valence-corrected chi connectivity index (χ1v) is 8.06. The van der Waals surface area contributed by atoms with Gasteiger partial charge in [0, 0.05) is 13.1 Å². The van der Waals surface area contributed by atoms with Crippen LogP contribution in [0.15, 0.2) is 47.8 Å². The van der Waals surface area contributed by atoms with Gasteiger partial charge in [-0.15, -0.1) is 11.3 Å². The summed E-state index contributed by atoms with van der Waals surface area (Å²) in [6.07, 6.45) is 0.944. The fourth-order valence-corrected chi connectivity index (χ4v) is 3.25. The second kappa shape index (κ2) is 6.14. The van der Waals surface area contributed by atoms with Crippen LogP contribution < -0.4 is 5.32 Å². The Morgan fingerprint density at radius 2 is 2.05 bits per heavy atom. The van der Waals surface area contributed by atoms with Crippen molar-refractivity contribution in [3.8, 4) is 0 Å². The van der Waals surface area contributed by atoms with Crippen LogP contribution in [0.4, 0.5) is 0 Å². The molecule has 0 bridgehead atoms. The first kappa shape index (κ1) is 13.9. The molecule has 2 heterocycles. The molecule has 1 aromatic carbocycles. The van der Waals surface area contributed by atoms with E-state index in [1.165, 1.54) is 5.56 Å². The fraction of sp³-hybridized carbons (Fsp3) is 0.235. The maximum atomic E-state index is 12.4. The molecule has 0 atom stereocenters. The number of rotatable bonds is 5. The van der Waals surface area contributed by atoms with E-state index in [2.05, 4.69) is 40.4 Å². The van der Waals surface area contributed by atoms with E-state index in [0.29, 0.717) is 6.54 Å². The van der Waals surface area contributed by atoms with E-state index < -0.39 is 0 Å². The largest absolute Gasteiger partial charge is 0.351 e. The third kappa shape index (κ3) is 2.85. The van der Waals surface area contributed by atoms with Gasteiger partial charge >= 0.3 is 0 Å². The smallest absolute Gasteiger partial charge is 0.267 e. The summed E-state index contributed by atoms with van der Waals surface area (Å²) in [5.74, 6) is 0.0104. The summed E-state index contributed by atoms with van der Waals surface area (Å²) >= 11 is 1.67. The number of thiophene rings is 1. The lowest BCUT2D eigenvalue weighted by atomic mass is 10.2. The van der Waals surface area contributed by atoms with Crippen LogP contribution in [-0.2, 0) is 6.54 Å². The molecule has 2 aromatic heterocycles. The van der Waals surface area contributed by atoms with E-state index in [4.69, 9.17) is 0 Å². The van der Waals surface area contributed by atoms with Crippen molar-refractivity contribution in [3.05, 3.63) is 59.1 Å². The molecule has 0 aliphatic heterocycles. The number of hydrogen-bond donors (Lipinski definition) is 1. The summed E-state index contributed by atoms with van der Waals surface area (Å²) in [5, 5.41) is 5.04. The maximum Gasteiger partial charge on any atom is 0.267 e. The molecule has 3 rings (SSSR count). The number of fused-ring (bicyclic) bond motifs is 1. The number of carbonyl (C=O) groups is 1. The van der Waals surface area contributed by atoms with Gasteiger partial charge in [0.05, 0.1) is 10.2 Å². The summed E-state index contributed by atoms with van der Waals surface area (Å²) < 4.78 is 3.26. The Morgan fingerprint density at radius 1 is 1.24 bits per heavy atom. The minimum Gasteiger partial charge on any atom is -0.351 e. The first-order valence-electron chi connectivity index (χ1n) is 7.18. The van der Waals surface area contributed by atoms with Crippen LogP contribution in [0.1, 0.15) is 29.4 Å². The van der Waals surface area contributed by atoms with Crippen molar-refractivity contribution < 1.29 is 4.79 Å². The van der Waals surface area contributed by atoms with Crippen molar-refractivity contribution in [3.63, 3.8) is 0 Å². The molecule has 0 aliphatic rings. The number of nitrogens with one attached hydrogen (secondary N) is 1. The van der Waals surface area contributed by atoms with Crippen molar-refractivity contribution in [1.29, 1.82) is 0 Å². The van der Waals surface area contributed by atoms with Crippen LogP contribution >= 0.6 is 11.3 Å². The fourth-order valence-electron chi connectivity index (χ4n) is 2.43. The molecule has 1 amide bonds. The zero-order valence-electron chi connectivity index (χ0n) is 12.0. The molecule has 108 valence electrons. The van der Waals surface area contributed by atoms with Crippen LogP contribution in [0, 0.1) is 0 Å². The zero-order valence-corrected chi connectivity index (χ0v) is 12.8. The average Bonchev–Trinajstić information content (AvgIpc) is 3.08. The monoisotopic (exact) mass is 298 g/mol. The third-order valence-corrected chi connectivity index (χ3v) is 4.33. The van der Waals surface area contributed by atoms with Crippen LogP contribution in [-0.4, -0.2) is 17.0 Å². The molecule has 3 nitrogen and oxygen atoms in total. The highest BCUT2D eigenvalue weighted by Gasteiger charge is 2.16. The van der Waals surface area contributed by atoms with E-state index >= 15 is 0 Å². The van der Waals surface area contributed by atoms with Crippen molar-refractivity contribution >= 4 is 27.5 Å². The summed E-state index contributed by atoms with van der Waals surface area (Å²) in [4.78, 5) is 12.4. The van der Waals surface area contributed by atoms with Crippen molar-refractivity contribution in [2.45, 2.75) is 19.9 Å². The van der Waals surface area contributed by atoms with Gasteiger partial charge in [0.25, 0.3) is 5.91 Å². The van der Waals surface area contributed by atoms with E-state index in [1.807, 2.05) is 24.3 Å². The number of aromatic nitrogens is 1. The molecular weight excluding hydrogens is 280 g/mol. The van der Waals surface area contributed by atoms with Gasteiger partial charge in [-0.25, -0.2) is 0 Å². The summed E-state index contributed by atoms with van der Waals surface area (Å²) in [6.45, 7) is 3.49. The standard InChI is InChI=1S/C17H18N2OS/c1-2-9-18-17(20)15-11-16-14(8-10-21-16)19(15)12-13-6-4-3-5-7-13/h3-8,10-11H,2,9,12H2,1H3,(H,18,20).